The van der Waals surface area contributed by atoms with Crippen molar-refractivity contribution in [3.63, 3.8) is 0 Å². The number of thiazole rings is 1. The van der Waals surface area contributed by atoms with Crippen LogP contribution in [-0.2, 0) is 0 Å². The van der Waals surface area contributed by atoms with Gasteiger partial charge in [0.25, 0.3) is 0 Å². The Morgan fingerprint density at radius 1 is 1.28 bits per heavy atom. The monoisotopic (exact) mass is 261 g/mol. The molecule has 0 saturated heterocycles. The van der Waals surface area contributed by atoms with Crippen LogP contribution in [0.5, 0.6) is 0 Å². The zero-order chi connectivity index (χ0) is 12.5. The van der Waals surface area contributed by atoms with Crippen LogP contribution < -0.4 is 10.6 Å². The van der Waals surface area contributed by atoms with E-state index in [1.165, 1.54) is 36.8 Å². The van der Waals surface area contributed by atoms with Crippen molar-refractivity contribution in [1.29, 1.82) is 0 Å². The molecule has 1 fully saturated rings. The molecule has 1 heterocycles. The summed E-state index contributed by atoms with van der Waals surface area (Å²) in [6, 6.07) is 4.92. The standard InChI is InChI=1S/C14H19N3S/c1-17(10-5-3-2-4-6-10)11-7-8-12-14(13(11)15)16-9-18-12/h7-10H,2-6,15H2,1H3. The molecule has 0 radical (unpaired) electrons. The first-order valence-electron chi connectivity index (χ1n) is 6.62. The zero-order valence-corrected chi connectivity index (χ0v) is 11.5. The van der Waals surface area contributed by atoms with Gasteiger partial charge in [-0.25, -0.2) is 4.98 Å². The molecule has 2 N–H and O–H groups in total. The van der Waals surface area contributed by atoms with Crippen molar-refractivity contribution < 1.29 is 0 Å². The normalized spacial score (nSPS) is 17.2. The molecule has 0 atom stereocenters. The van der Waals surface area contributed by atoms with E-state index in [2.05, 4.69) is 29.1 Å². The summed E-state index contributed by atoms with van der Waals surface area (Å²) in [5, 5.41) is 0. The molecule has 18 heavy (non-hydrogen) atoms. The van der Waals surface area contributed by atoms with Gasteiger partial charge in [-0.2, -0.15) is 0 Å². The van der Waals surface area contributed by atoms with E-state index < -0.39 is 0 Å². The molecule has 1 saturated carbocycles. The average Bonchev–Trinajstić information content (AvgIpc) is 2.89. The lowest BCUT2D eigenvalue weighted by Crippen LogP contribution is -2.33. The summed E-state index contributed by atoms with van der Waals surface area (Å²) in [5.41, 5.74) is 11.1. The Balaban J connectivity index is 1.94. The zero-order valence-electron chi connectivity index (χ0n) is 10.7. The lowest BCUT2D eigenvalue weighted by Gasteiger charge is -2.33. The van der Waals surface area contributed by atoms with E-state index in [4.69, 9.17) is 5.73 Å². The molecule has 0 spiro atoms. The fourth-order valence-electron chi connectivity index (χ4n) is 2.91. The highest BCUT2D eigenvalue weighted by Crippen LogP contribution is 2.35. The number of rotatable bonds is 2. The van der Waals surface area contributed by atoms with Crippen molar-refractivity contribution in [2.45, 2.75) is 38.1 Å². The third-order valence-electron chi connectivity index (χ3n) is 4.02. The summed E-state index contributed by atoms with van der Waals surface area (Å²) < 4.78 is 1.17. The SMILES string of the molecule is CN(c1ccc2scnc2c1N)C1CCCCC1. The molecule has 96 valence electrons. The summed E-state index contributed by atoms with van der Waals surface area (Å²) in [4.78, 5) is 6.73. The highest BCUT2D eigenvalue weighted by Gasteiger charge is 2.20. The maximum atomic E-state index is 6.27. The van der Waals surface area contributed by atoms with Crippen molar-refractivity contribution >= 4 is 32.9 Å². The minimum Gasteiger partial charge on any atom is -0.395 e. The number of aromatic nitrogens is 1. The van der Waals surface area contributed by atoms with Crippen molar-refractivity contribution in [3.8, 4) is 0 Å². The van der Waals surface area contributed by atoms with Crippen LogP contribution in [0.15, 0.2) is 17.6 Å². The Labute approximate surface area is 112 Å². The topological polar surface area (TPSA) is 42.2 Å². The first-order valence-corrected chi connectivity index (χ1v) is 7.50. The van der Waals surface area contributed by atoms with Crippen LogP contribution in [0, 0.1) is 0 Å². The van der Waals surface area contributed by atoms with Crippen LogP contribution in [-0.4, -0.2) is 18.1 Å². The first-order chi connectivity index (χ1) is 8.77. The fraction of sp³-hybridized carbons (Fsp3) is 0.500. The summed E-state index contributed by atoms with van der Waals surface area (Å²) in [6.07, 6.45) is 6.63. The second-order valence-corrected chi connectivity index (χ2v) is 5.99. The second kappa shape index (κ2) is 4.76. The van der Waals surface area contributed by atoms with Gasteiger partial charge in [-0.15, -0.1) is 11.3 Å². The minimum atomic E-state index is 0.636. The van der Waals surface area contributed by atoms with E-state index in [-0.39, 0.29) is 0 Å². The molecule has 2 aromatic rings. The minimum absolute atomic E-state index is 0.636. The van der Waals surface area contributed by atoms with Gasteiger partial charge >= 0.3 is 0 Å². The Morgan fingerprint density at radius 2 is 2.06 bits per heavy atom. The number of hydrogen-bond donors (Lipinski definition) is 1. The van der Waals surface area contributed by atoms with Crippen LogP contribution in [0.4, 0.5) is 11.4 Å². The molecule has 1 aliphatic carbocycles. The molecule has 4 heteroatoms. The molecular weight excluding hydrogens is 242 g/mol. The molecule has 0 bridgehead atoms. The molecule has 1 aromatic heterocycles. The third-order valence-corrected chi connectivity index (χ3v) is 4.82. The van der Waals surface area contributed by atoms with Gasteiger partial charge < -0.3 is 10.6 Å². The maximum Gasteiger partial charge on any atom is 0.106 e. The van der Waals surface area contributed by atoms with Gasteiger partial charge in [-0.05, 0) is 25.0 Å². The molecule has 1 aliphatic rings. The van der Waals surface area contributed by atoms with Gasteiger partial charge in [-0.3, -0.25) is 0 Å². The van der Waals surface area contributed by atoms with Crippen LogP contribution in [0.1, 0.15) is 32.1 Å². The van der Waals surface area contributed by atoms with Gasteiger partial charge in [0.05, 0.1) is 21.6 Å². The van der Waals surface area contributed by atoms with Gasteiger partial charge in [0, 0.05) is 13.1 Å². The van der Waals surface area contributed by atoms with E-state index in [1.54, 1.807) is 11.3 Å². The van der Waals surface area contributed by atoms with Crippen LogP contribution in [0.2, 0.25) is 0 Å². The number of hydrogen-bond acceptors (Lipinski definition) is 4. The maximum absolute atomic E-state index is 6.27. The van der Waals surface area contributed by atoms with E-state index in [0.717, 1.165) is 16.9 Å². The van der Waals surface area contributed by atoms with Crippen molar-refractivity contribution in [2.24, 2.45) is 0 Å². The van der Waals surface area contributed by atoms with Crippen molar-refractivity contribution in [3.05, 3.63) is 17.6 Å². The van der Waals surface area contributed by atoms with Crippen molar-refractivity contribution in [2.75, 3.05) is 17.7 Å². The number of anilines is 2. The van der Waals surface area contributed by atoms with Gasteiger partial charge in [0.15, 0.2) is 0 Å². The van der Waals surface area contributed by atoms with Crippen LogP contribution in [0.25, 0.3) is 10.2 Å². The largest absolute Gasteiger partial charge is 0.395 e. The van der Waals surface area contributed by atoms with Gasteiger partial charge in [0.1, 0.15) is 5.52 Å². The molecule has 0 unspecified atom stereocenters. The Hall–Kier alpha value is -1.29. The van der Waals surface area contributed by atoms with Crippen molar-refractivity contribution in [1.82, 2.24) is 4.98 Å². The lowest BCUT2D eigenvalue weighted by atomic mass is 9.94. The molecule has 1 aromatic carbocycles. The average molecular weight is 261 g/mol. The number of fused-ring (bicyclic) bond motifs is 1. The van der Waals surface area contributed by atoms with Gasteiger partial charge in [-0.1, -0.05) is 19.3 Å². The number of benzene rings is 1. The smallest absolute Gasteiger partial charge is 0.106 e. The number of nitrogens with zero attached hydrogens (tertiary/aromatic N) is 2. The predicted octanol–water partition coefficient (Wildman–Crippen LogP) is 3.65. The number of nitrogens with two attached hydrogens (primary N) is 1. The quantitative estimate of drug-likeness (QED) is 0.839. The molecule has 0 amide bonds. The fourth-order valence-corrected chi connectivity index (χ4v) is 3.61. The number of nitrogen functional groups attached to an aromatic ring is 1. The van der Waals surface area contributed by atoms with E-state index in [1.807, 2.05) is 5.51 Å². The van der Waals surface area contributed by atoms with E-state index >= 15 is 0 Å². The van der Waals surface area contributed by atoms with Gasteiger partial charge in [0.2, 0.25) is 0 Å². The highest BCUT2D eigenvalue weighted by atomic mass is 32.1. The Kier molecular flexibility index (Phi) is 3.12. The third kappa shape index (κ3) is 1.94. The second-order valence-electron chi connectivity index (χ2n) is 5.10. The Morgan fingerprint density at radius 3 is 2.83 bits per heavy atom. The predicted molar refractivity (Wildman–Crippen MR) is 79.3 cm³/mol. The molecular formula is C14H19N3S. The summed E-state index contributed by atoms with van der Waals surface area (Å²) in [5.74, 6) is 0. The molecule has 3 rings (SSSR count). The lowest BCUT2D eigenvalue weighted by molar-refractivity contribution is 0.428. The first kappa shape index (κ1) is 11.8. The summed E-state index contributed by atoms with van der Waals surface area (Å²) in [7, 11) is 2.17. The van der Waals surface area contributed by atoms with Crippen LogP contribution in [0.3, 0.4) is 0 Å². The Bertz CT molecular complexity index is 543. The van der Waals surface area contributed by atoms with E-state index in [0.29, 0.717) is 6.04 Å². The van der Waals surface area contributed by atoms with Crippen LogP contribution >= 0.6 is 11.3 Å². The molecule has 3 nitrogen and oxygen atoms in total. The highest BCUT2D eigenvalue weighted by molar-refractivity contribution is 7.16. The van der Waals surface area contributed by atoms with E-state index in [9.17, 15) is 0 Å². The summed E-state index contributed by atoms with van der Waals surface area (Å²) >= 11 is 1.65. The summed E-state index contributed by atoms with van der Waals surface area (Å²) in [6.45, 7) is 0. The molecule has 0 aliphatic heterocycles.